The monoisotopic (exact) mass is 431 g/mol. The number of hydrogen-bond donors (Lipinski definition) is 2. The summed E-state index contributed by atoms with van der Waals surface area (Å²) in [7, 11) is -3.55. The summed E-state index contributed by atoms with van der Waals surface area (Å²) in [5.74, 6) is 2.23. The molecule has 2 N–H and O–H groups in total. The minimum atomic E-state index is -3.55. The van der Waals surface area contributed by atoms with E-state index in [2.05, 4.69) is 24.9 Å². The molecule has 0 unspecified atom stereocenters. The molecule has 2 aromatic heterocycles. The van der Waals surface area contributed by atoms with Gasteiger partial charge in [-0.15, -0.1) is 11.3 Å². The number of thiophene rings is 1. The Bertz CT molecular complexity index is 1060. The minimum absolute atomic E-state index is 0.284. The van der Waals surface area contributed by atoms with Gasteiger partial charge in [0.05, 0.1) is 13.2 Å². The van der Waals surface area contributed by atoms with Gasteiger partial charge < -0.3 is 15.0 Å². The van der Waals surface area contributed by atoms with Gasteiger partial charge >= 0.3 is 0 Å². The Balaban J connectivity index is 1.47. The summed E-state index contributed by atoms with van der Waals surface area (Å²) < 4.78 is 32.9. The molecule has 3 aromatic rings. The van der Waals surface area contributed by atoms with Gasteiger partial charge in [-0.25, -0.2) is 18.4 Å². The zero-order chi connectivity index (χ0) is 20.3. The second-order valence-corrected chi connectivity index (χ2v) is 9.35. The number of ether oxygens (including phenoxy) is 1. The van der Waals surface area contributed by atoms with Crippen molar-refractivity contribution in [2.75, 3.05) is 41.2 Å². The Hall–Kier alpha value is -2.69. The highest BCUT2D eigenvalue weighted by Gasteiger charge is 2.16. The van der Waals surface area contributed by atoms with Crippen molar-refractivity contribution in [1.82, 2.24) is 9.97 Å². The average Bonchev–Trinajstić information content (AvgIpc) is 3.26. The van der Waals surface area contributed by atoms with Gasteiger partial charge in [-0.3, -0.25) is 4.72 Å². The summed E-state index contributed by atoms with van der Waals surface area (Å²) in [4.78, 5) is 11.1. The third-order valence-electron chi connectivity index (χ3n) is 4.33. The molecule has 0 amide bonds. The van der Waals surface area contributed by atoms with E-state index in [4.69, 9.17) is 4.74 Å². The SMILES string of the molecule is Cc1nc(Nc2ccc(NS(=O)(=O)c3cccs3)cc2)cc(N2CCOCC2)n1. The standard InChI is InChI=1S/C19H21N5O3S2/c1-14-20-17(13-18(21-14)24-8-10-27-11-9-24)22-15-4-6-16(7-5-15)23-29(25,26)19-3-2-12-28-19/h2-7,12-13,23H,8-11H2,1H3,(H,20,21,22). The van der Waals surface area contributed by atoms with Crippen LogP contribution in [0.15, 0.2) is 52.1 Å². The fraction of sp³-hybridized carbons (Fsp3) is 0.263. The summed E-state index contributed by atoms with van der Waals surface area (Å²) in [6.07, 6.45) is 0. The normalized spacial score (nSPS) is 14.6. The average molecular weight is 432 g/mol. The van der Waals surface area contributed by atoms with Crippen molar-refractivity contribution >= 4 is 44.4 Å². The molecule has 1 saturated heterocycles. The number of rotatable bonds is 6. The summed E-state index contributed by atoms with van der Waals surface area (Å²) in [5, 5.41) is 4.99. The Kier molecular flexibility index (Phi) is 5.65. The Labute approximate surface area is 173 Å². The zero-order valence-corrected chi connectivity index (χ0v) is 17.5. The summed E-state index contributed by atoms with van der Waals surface area (Å²) >= 11 is 1.18. The predicted octanol–water partition coefficient (Wildman–Crippen LogP) is 3.23. The first kappa shape index (κ1) is 19.6. The van der Waals surface area contributed by atoms with Crippen LogP contribution >= 0.6 is 11.3 Å². The largest absolute Gasteiger partial charge is 0.378 e. The molecule has 8 nitrogen and oxygen atoms in total. The van der Waals surface area contributed by atoms with Crippen molar-refractivity contribution in [3.8, 4) is 0 Å². The number of aromatic nitrogens is 2. The van der Waals surface area contributed by atoms with Crippen molar-refractivity contribution in [2.24, 2.45) is 0 Å². The molecule has 0 atom stereocenters. The number of sulfonamides is 1. The number of hydrogen-bond acceptors (Lipinski definition) is 8. The zero-order valence-electron chi connectivity index (χ0n) is 15.8. The lowest BCUT2D eigenvalue weighted by Gasteiger charge is -2.28. The Morgan fingerprint density at radius 1 is 1.07 bits per heavy atom. The first-order valence-electron chi connectivity index (χ1n) is 9.11. The molecule has 0 spiro atoms. The molecule has 1 aliphatic rings. The second kappa shape index (κ2) is 8.36. The number of aryl methyl sites for hydroxylation is 1. The highest BCUT2D eigenvalue weighted by Crippen LogP contribution is 2.24. The number of anilines is 4. The molecule has 29 heavy (non-hydrogen) atoms. The van der Waals surface area contributed by atoms with E-state index in [1.165, 1.54) is 11.3 Å². The summed E-state index contributed by atoms with van der Waals surface area (Å²) in [5.41, 5.74) is 1.30. The summed E-state index contributed by atoms with van der Waals surface area (Å²) in [6, 6.07) is 12.2. The van der Waals surface area contributed by atoms with Gasteiger partial charge in [0.2, 0.25) is 0 Å². The molecule has 0 aliphatic carbocycles. The molecule has 152 valence electrons. The van der Waals surface area contributed by atoms with Gasteiger partial charge in [0.1, 0.15) is 21.7 Å². The predicted molar refractivity (Wildman–Crippen MR) is 115 cm³/mol. The van der Waals surface area contributed by atoms with Crippen molar-refractivity contribution in [3.63, 3.8) is 0 Å². The number of benzene rings is 1. The van der Waals surface area contributed by atoms with Crippen molar-refractivity contribution in [1.29, 1.82) is 0 Å². The maximum atomic E-state index is 12.3. The fourth-order valence-corrected chi connectivity index (χ4v) is 5.01. The van der Waals surface area contributed by atoms with Gasteiger partial charge in [0.25, 0.3) is 10.0 Å². The first-order chi connectivity index (χ1) is 14.0. The lowest BCUT2D eigenvalue weighted by atomic mass is 10.3. The number of morpholine rings is 1. The second-order valence-electron chi connectivity index (χ2n) is 6.50. The van der Waals surface area contributed by atoms with Crippen LogP contribution in [0, 0.1) is 6.92 Å². The van der Waals surface area contributed by atoms with E-state index in [-0.39, 0.29) is 4.21 Å². The van der Waals surface area contributed by atoms with E-state index in [0.717, 1.165) is 24.6 Å². The molecule has 0 radical (unpaired) electrons. The van der Waals surface area contributed by atoms with E-state index in [1.807, 2.05) is 13.0 Å². The molecule has 1 aliphatic heterocycles. The van der Waals surface area contributed by atoms with E-state index >= 15 is 0 Å². The van der Waals surface area contributed by atoms with Gasteiger partial charge in [-0.1, -0.05) is 6.07 Å². The highest BCUT2D eigenvalue weighted by molar-refractivity contribution is 7.94. The van der Waals surface area contributed by atoms with Crippen LogP contribution in [-0.4, -0.2) is 44.7 Å². The lowest BCUT2D eigenvalue weighted by Crippen LogP contribution is -2.36. The van der Waals surface area contributed by atoms with Gasteiger partial charge in [0, 0.05) is 30.5 Å². The third-order valence-corrected chi connectivity index (χ3v) is 7.11. The molecule has 1 fully saturated rings. The van der Waals surface area contributed by atoms with E-state index in [0.29, 0.717) is 30.5 Å². The third kappa shape index (κ3) is 4.84. The van der Waals surface area contributed by atoms with Crippen molar-refractivity contribution in [3.05, 3.63) is 53.7 Å². The van der Waals surface area contributed by atoms with Crippen LogP contribution in [0.3, 0.4) is 0 Å². The quantitative estimate of drug-likeness (QED) is 0.618. The maximum Gasteiger partial charge on any atom is 0.271 e. The molecular weight excluding hydrogens is 410 g/mol. The van der Waals surface area contributed by atoms with E-state index in [9.17, 15) is 8.42 Å². The van der Waals surface area contributed by atoms with Crippen LogP contribution in [0.2, 0.25) is 0 Å². The van der Waals surface area contributed by atoms with Crippen LogP contribution in [0.4, 0.5) is 23.0 Å². The molecule has 0 saturated carbocycles. The number of nitrogens with one attached hydrogen (secondary N) is 2. The number of nitrogens with zero attached hydrogens (tertiary/aromatic N) is 3. The van der Waals surface area contributed by atoms with Crippen molar-refractivity contribution < 1.29 is 13.2 Å². The Morgan fingerprint density at radius 3 is 2.48 bits per heavy atom. The van der Waals surface area contributed by atoms with Crippen LogP contribution in [0.5, 0.6) is 0 Å². The van der Waals surface area contributed by atoms with Gasteiger partial charge in [-0.2, -0.15) is 0 Å². The first-order valence-corrected chi connectivity index (χ1v) is 11.5. The van der Waals surface area contributed by atoms with E-state index < -0.39 is 10.0 Å². The van der Waals surface area contributed by atoms with Crippen LogP contribution in [0.25, 0.3) is 0 Å². The molecule has 1 aromatic carbocycles. The smallest absolute Gasteiger partial charge is 0.271 e. The molecule has 4 rings (SSSR count). The van der Waals surface area contributed by atoms with Gasteiger partial charge in [-0.05, 0) is 42.6 Å². The van der Waals surface area contributed by atoms with E-state index in [1.54, 1.807) is 41.8 Å². The topological polar surface area (TPSA) is 96.5 Å². The summed E-state index contributed by atoms with van der Waals surface area (Å²) in [6.45, 7) is 4.84. The Morgan fingerprint density at radius 2 is 1.79 bits per heavy atom. The fourth-order valence-electron chi connectivity index (χ4n) is 2.96. The maximum absolute atomic E-state index is 12.3. The van der Waals surface area contributed by atoms with Crippen molar-refractivity contribution in [2.45, 2.75) is 11.1 Å². The van der Waals surface area contributed by atoms with Crippen LogP contribution < -0.4 is 14.9 Å². The highest BCUT2D eigenvalue weighted by atomic mass is 32.2. The van der Waals surface area contributed by atoms with Gasteiger partial charge in [0.15, 0.2) is 0 Å². The molecular formula is C19H21N5O3S2. The van der Waals surface area contributed by atoms with Crippen LogP contribution in [0.1, 0.15) is 5.82 Å². The van der Waals surface area contributed by atoms with Crippen LogP contribution in [-0.2, 0) is 14.8 Å². The molecule has 10 heteroatoms. The lowest BCUT2D eigenvalue weighted by molar-refractivity contribution is 0.122. The molecule has 0 bridgehead atoms. The molecule has 3 heterocycles. The minimum Gasteiger partial charge on any atom is -0.378 e.